The van der Waals surface area contributed by atoms with E-state index in [4.69, 9.17) is 14.9 Å². The van der Waals surface area contributed by atoms with Crippen molar-refractivity contribution in [3.05, 3.63) is 34.7 Å². The third-order valence-corrected chi connectivity index (χ3v) is 4.15. The van der Waals surface area contributed by atoms with Crippen LogP contribution in [-0.2, 0) is 9.53 Å². The van der Waals surface area contributed by atoms with Gasteiger partial charge in [-0.15, -0.1) is 11.3 Å². The second kappa shape index (κ2) is 8.81. The zero-order chi connectivity index (χ0) is 20.9. The van der Waals surface area contributed by atoms with Gasteiger partial charge in [-0.2, -0.15) is 0 Å². The standard InChI is InChI=1S/C18H21N3O6S/c1-18(2,3)27-17(26)19-11-6-4-10(5-7-11)13-9-28-15(21-13)14(23)20-12(8-22)16(24)25/h4-7,9,12,22H,8H2,1-3H3,(H,19,26)(H,20,23)(H,24,25)/t12-/m0/s1. The number of aliphatic carboxylic acids is 1. The maximum Gasteiger partial charge on any atom is 0.412 e. The molecular weight excluding hydrogens is 386 g/mol. The molecule has 0 saturated carbocycles. The van der Waals surface area contributed by atoms with E-state index in [1.165, 1.54) is 0 Å². The van der Waals surface area contributed by atoms with Crippen LogP contribution < -0.4 is 10.6 Å². The number of nitrogens with zero attached hydrogens (tertiary/aromatic N) is 1. The lowest BCUT2D eigenvalue weighted by molar-refractivity contribution is -0.140. The first-order valence-electron chi connectivity index (χ1n) is 8.29. The molecule has 10 heteroatoms. The molecule has 9 nitrogen and oxygen atoms in total. The Morgan fingerprint density at radius 3 is 2.39 bits per heavy atom. The minimum atomic E-state index is -1.39. The van der Waals surface area contributed by atoms with Gasteiger partial charge in [0.05, 0.1) is 12.3 Å². The molecule has 1 heterocycles. The lowest BCUT2D eigenvalue weighted by Crippen LogP contribution is -2.43. The monoisotopic (exact) mass is 407 g/mol. The van der Waals surface area contributed by atoms with Gasteiger partial charge in [0.2, 0.25) is 0 Å². The Hall–Kier alpha value is -2.98. The molecule has 2 aromatic rings. The lowest BCUT2D eigenvalue weighted by atomic mass is 10.1. The minimum Gasteiger partial charge on any atom is -0.480 e. The van der Waals surface area contributed by atoms with E-state index >= 15 is 0 Å². The van der Waals surface area contributed by atoms with Crippen molar-refractivity contribution in [2.45, 2.75) is 32.4 Å². The quantitative estimate of drug-likeness (QED) is 0.576. The number of nitrogens with one attached hydrogen (secondary N) is 2. The summed E-state index contributed by atoms with van der Waals surface area (Å²) in [4.78, 5) is 38.9. The van der Waals surface area contributed by atoms with E-state index < -0.39 is 36.2 Å². The van der Waals surface area contributed by atoms with Crippen LogP contribution in [-0.4, -0.2) is 51.4 Å². The smallest absolute Gasteiger partial charge is 0.412 e. The SMILES string of the molecule is CC(C)(C)OC(=O)Nc1ccc(-c2csc(C(=O)N[C@@H](CO)C(=O)O)n2)cc1. The number of carboxylic acid groups (broad SMARTS) is 1. The molecular formula is C18H21N3O6S. The topological polar surface area (TPSA) is 138 Å². The molecule has 0 unspecified atom stereocenters. The number of aliphatic hydroxyl groups is 1. The van der Waals surface area contributed by atoms with Crippen molar-refractivity contribution in [3.8, 4) is 11.3 Å². The van der Waals surface area contributed by atoms with Crippen LogP contribution in [0.15, 0.2) is 29.6 Å². The molecule has 0 saturated heterocycles. The van der Waals surface area contributed by atoms with Crippen molar-refractivity contribution < 1.29 is 29.3 Å². The molecule has 2 rings (SSSR count). The van der Waals surface area contributed by atoms with Crippen LogP contribution in [0, 0.1) is 0 Å². The van der Waals surface area contributed by atoms with Gasteiger partial charge in [0.15, 0.2) is 11.0 Å². The fraction of sp³-hybridized carbons (Fsp3) is 0.333. The van der Waals surface area contributed by atoms with Crippen molar-refractivity contribution in [1.82, 2.24) is 10.3 Å². The van der Waals surface area contributed by atoms with Crippen LogP contribution in [0.5, 0.6) is 0 Å². The van der Waals surface area contributed by atoms with E-state index in [1.54, 1.807) is 50.4 Å². The molecule has 28 heavy (non-hydrogen) atoms. The van der Waals surface area contributed by atoms with Gasteiger partial charge in [0.25, 0.3) is 5.91 Å². The van der Waals surface area contributed by atoms with Gasteiger partial charge >= 0.3 is 12.1 Å². The van der Waals surface area contributed by atoms with Crippen molar-refractivity contribution in [1.29, 1.82) is 0 Å². The molecule has 150 valence electrons. The van der Waals surface area contributed by atoms with Crippen molar-refractivity contribution in [2.75, 3.05) is 11.9 Å². The summed E-state index contributed by atoms with van der Waals surface area (Å²) in [5, 5.41) is 24.4. The first-order chi connectivity index (χ1) is 13.1. The van der Waals surface area contributed by atoms with Crippen LogP contribution in [0.25, 0.3) is 11.3 Å². The third-order valence-electron chi connectivity index (χ3n) is 3.31. The largest absolute Gasteiger partial charge is 0.480 e. The molecule has 0 fully saturated rings. The number of aliphatic hydroxyl groups excluding tert-OH is 1. The Kier molecular flexibility index (Phi) is 6.71. The number of ether oxygens (including phenoxy) is 1. The Bertz CT molecular complexity index is 857. The van der Waals surface area contributed by atoms with Gasteiger partial charge in [0.1, 0.15) is 5.60 Å². The van der Waals surface area contributed by atoms with E-state index in [-0.39, 0.29) is 5.01 Å². The Morgan fingerprint density at radius 2 is 1.86 bits per heavy atom. The number of thiazole rings is 1. The molecule has 0 spiro atoms. The van der Waals surface area contributed by atoms with Crippen molar-refractivity contribution in [3.63, 3.8) is 0 Å². The first-order valence-corrected chi connectivity index (χ1v) is 9.17. The van der Waals surface area contributed by atoms with E-state index in [9.17, 15) is 14.4 Å². The number of aromatic nitrogens is 1. The summed E-state index contributed by atoms with van der Waals surface area (Å²) in [5.41, 5.74) is 1.17. The number of anilines is 1. The maximum absolute atomic E-state index is 12.1. The number of carbonyl (C=O) groups excluding carboxylic acids is 2. The van der Waals surface area contributed by atoms with Gasteiger partial charge in [0, 0.05) is 16.6 Å². The molecule has 1 aromatic heterocycles. The summed E-state index contributed by atoms with van der Waals surface area (Å²) in [5.74, 6) is -2.01. The molecule has 2 amide bonds. The second-order valence-corrected chi connectivity index (χ2v) is 7.65. The fourth-order valence-electron chi connectivity index (χ4n) is 2.06. The summed E-state index contributed by atoms with van der Waals surface area (Å²) in [6.45, 7) is 4.59. The first kappa shape index (κ1) is 21.3. The normalized spacial score (nSPS) is 12.1. The Balaban J connectivity index is 2.04. The van der Waals surface area contributed by atoms with Gasteiger partial charge in [-0.3, -0.25) is 10.1 Å². The number of benzene rings is 1. The highest BCUT2D eigenvalue weighted by Crippen LogP contribution is 2.24. The van der Waals surface area contributed by atoms with Crippen LogP contribution in [0.2, 0.25) is 0 Å². The number of hydrogen-bond acceptors (Lipinski definition) is 7. The zero-order valence-corrected chi connectivity index (χ0v) is 16.4. The number of carbonyl (C=O) groups is 3. The summed E-state index contributed by atoms with van der Waals surface area (Å²) < 4.78 is 5.18. The molecule has 4 N–H and O–H groups in total. The van der Waals surface area contributed by atoms with E-state index in [2.05, 4.69) is 15.6 Å². The molecule has 0 bridgehead atoms. The number of hydrogen-bond donors (Lipinski definition) is 4. The molecule has 0 radical (unpaired) electrons. The predicted octanol–water partition coefficient (Wildman–Crippen LogP) is 2.33. The van der Waals surface area contributed by atoms with Crippen LogP contribution >= 0.6 is 11.3 Å². The average Bonchev–Trinajstić information content (AvgIpc) is 3.08. The Morgan fingerprint density at radius 1 is 1.21 bits per heavy atom. The summed E-state index contributed by atoms with van der Waals surface area (Å²) in [7, 11) is 0. The van der Waals surface area contributed by atoms with E-state index in [1.807, 2.05) is 0 Å². The zero-order valence-electron chi connectivity index (χ0n) is 15.6. The van der Waals surface area contributed by atoms with Crippen LogP contribution in [0.4, 0.5) is 10.5 Å². The average molecular weight is 407 g/mol. The second-order valence-electron chi connectivity index (χ2n) is 6.79. The van der Waals surface area contributed by atoms with Crippen molar-refractivity contribution in [2.24, 2.45) is 0 Å². The lowest BCUT2D eigenvalue weighted by Gasteiger charge is -2.19. The highest BCUT2D eigenvalue weighted by Gasteiger charge is 2.21. The summed E-state index contributed by atoms with van der Waals surface area (Å²) in [6.07, 6.45) is -0.565. The molecule has 0 aliphatic rings. The molecule has 1 atom stereocenters. The summed E-state index contributed by atoms with van der Waals surface area (Å²) in [6, 6.07) is 5.39. The fourth-order valence-corrected chi connectivity index (χ4v) is 2.79. The highest BCUT2D eigenvalue weighted by molar-refractivity contribution is 7.12. The predicted molar refractivity (Wildman–Crippen MR) is 103 cm³/mol. The van der Waals surface area contributed by atoms with Gasteiger partial charge < -0.3 is 20.3 Å². The van der Waals surface area contributed by atoms with Gasteiger partial charge in [-0.05, 0) is 32.9 Å². The number of amides is 2. The van der Waals surface area contributed by atoms with Crippen LogP contribution in [0.3, 0.4) is 0 Å². The van der Waals surface area contributed by atoms with Crippen molar-refractivity contribution >= 4 is 35.0 Å². The highest BCUT2D eigenvalue weighted by atomic mass is 32.1. The van der Waals surface area contributed by atoms with E-state index in [0.29, 0.717) is 16.9 Å². The van der Waals surface area contributed by atoms with Crippen LogP contribution in [0.1, 0.15) is 30.6 Å². The molecule has 0 aliphatic carbocycles. The van der Waals surface area contributed by atoms with Gasteiger partial charge in [-0.1, -0.05) is 12.1 Å². The van der Waals surface area contributed by atoms with E-state index in [0.717, 1.165) is 11.3 Å². The summed E-state index contributed by atoms with van der Waals surface area (Å²) >= 11 is 1.05. The van der Waals surface area contributed by atoms with Gasteiger partial charge in [-0.25, -0.2) is 14.6 Å². The molecule has 0 aliphatic heterocycles. The number of carboxylic acids is 1. The maximum atomic E-state index is 12.1. The third kappa shape index (κ3) is 6.03. The molecule has 1 aromatic carbocycles. The number of rotatable bonds is 6. The Labute approximate surface area is 165 Å². The minimum absolute atomic E-state index is 0.0747.